The Morgan fingerprint density at radius 3 is 2.44 bits per heavy atom. The third-order valence-corrected chi connectivity index (χ3v) is 5.13. The molecular formula is C20H20N4OS2. The average molecular weight is 397 g/mol. The lowest BCUT2D eigenvalue weighted by molar-refractivity contribution is -0.121. The maximum Gasteiger partial charge on any atom is 0.244 e. The Morgan fingerprint density at radius 1 is 1.04 bits per heavy atom. The second kappa shape index (κ2) is 8.75. The van der Waals surface area contributed by atoms with Crippen LogP contribution in [0.2, 0.25) is 0 Å². The van der Waals surface area contributed by atoms with Crippen molar-refractivity contribution in [3.63, 3.8) is 0 Å². The quantitative estimate of drug-likeness (QED) is 0.460. The number of carbonyl (C=O) groups is 1. The van der Waals surface area contributed by atoms with Crippen LogP contribution in [0.1, 0.15) is 16.1 Å². The number of benzene rings is 2. The van der Waals surface area contributed by atoms with Gasteiger partial charge in [-0.3, -0.25) is 15.6 Å². The first-order valence-electron chi connectivity index (χ1n) is 8.45. The molecule has 27 heavy (non-hydrogen) atoms. The molecule has 3 rings (SSSR count). The fourth-order valence-electron chi connectivity index (χ4n) is 2.42. The molecule has 0 aliphatic heterocycles. The highest BCUT2D eigenvalue weighted by molar-refractivity contribution is 7.80. The molecule has 3 N–H and O–H groups in total. The van der Waals surface area contributed by atoms with E-state index in [9.17, 15) is 4.79 Å². The van der Waals surface area contributed by atoms with Crippen molar-refractivity contribution in [2.24, 2.45) is 0 Å². The van der Waals surface area contributed by atoms with Gasteiger partial charge in [0.25, 0.3) is 0 Å². The number of anilines is 1. The standard InChI is InChI=1S/C20H20N4OS2/c1-13-8-10-16(11-9-13)21-20(26)24-23-18(25)12-17-14(2)27-19(22-17)15-6-4-3-5-7-15/h3-11H,12H2,1-2H3,(H,23,25)(H2,21,24,26). The second-order valence-corrected chi connectivity index (χ2v) is 7.67. The predicted octanol–water partition coefficient (Wildman–Crippen LogP) is 3.99. The first kappa shape index (κ1) is 19.0. The number of amides is 1. The van der Waals surface area contributed by atoms with E-state index in [0.717, 1.165) is 26.8 Å². The molecule has 0 fully saturated rings. The van der Waals surface area contributed by atoms with Crippen LogP contribution in [0.25, 0.3) is 10.6 Å². The summed E-state index contributed by atoms with van der Waals surface area (Å²) in [6.07, 6.45) is 0.190. The molecule has 1 heterocycles. The van der Waals surface area contributed by atoms with Gasteiger partial charge in [-0.2, -0.15) is 0 Å². The van der Waals surface area contributed by atoms with Crippen molar-refractivity contribution >= 4 is 40.3 Å². The van der Waals surface area contributed by atoms with Gasteiger partial charge in [0.05, 0.1) is 12.1 Å². The second-order valence-electron chi connectivity index (χ2n) is 6.06. The zero-order valence-corrected chi connectivity index (χ0v) is 16.7. The van der Waals surface area contributed by atoms with Crippen molar-refractivity contribution in [2.75, 3.05) is 5.32 Å². The molecule has 0 radical (unpaired) electrons. The largest absolute Gasteiger partial charge is 0.331 e. The van der Waals surface area contributed by atoms with E-state index in [1.54, 1.807) is 11.3 Å². The van der Waals surface area contributed by atoms with Gasteiger partial charge in [0.1, 0.15) is 5.01 Å². The molecule has 3 aromatic rings. The number of rotatable bonds is 4. The van der Waals surface area contributed by atoms with Crippen LogP contribution >= 0.6 is 23.6 Å². The number of thiocarbonyl (C=S) groups is 1. The summed E-state index contributed by atoms with van der Waals surface area (Å²) in [4.78, 5) is 17.9. The van der Waals surface area contributed by atoms with Crippen LogP contribution < -0.4 is 16.2 Å². The van der Waals surface area contributed by atoms with Crippen molar-refractivity contribution < 1.29 is 4.79 Å². The Morgan fingerprint density at radius 2 is 1.74 bits per heavy atom. The number of thiazole rings is 1. The van der Waals surface area contributed by atoms with Gasteiger partial charge >= 0.3 is 0 Å². The molecule has 0 saturated heterocycles. The molecule has 0 atom stereocenters. The summed E-state index contributed by atoms with van der Waals surface area (Å²) in [5.74, 6) is -0.198. The molecule has 0 aliphatic carbocycles. The summed E-state index contributed by atoms with van der Waals surface area (Å²) in [7, 11) is 0. The summed E-state index contributed by atoms with van der Waals surface area (Å²) >= 11 is 6.78. The number of hydrogen-bond acceptors (Lipinski definition) is 4. The highest BCUT2D eigenvalue weighted by atomic mass is 32.1. The van der Waals surface area contributed by atoms with E-state index in [0.29, 0.717) is 5.11 Å². The molecule has 138 valence electrons. The molecule has 0 saturated carbocycles. The van der Waals surface area contributed by atoms with Crippen molar-refractivity contribution in [1.29, 1.82) is 0 Å². The van der Waals surface area contributed by atoms with Gasteiger partial charge in [-0.25, -0.2) is 4.98 Å². The van der Waals surface area contributed by atoms with Crippen molar-refractivity contribution in [3.05, 3.63) is 70.7 Å². The summed E-state index contributed by atoms with van der Waals surface area (Å²) < 4.78 is 0. The molecule has 0 bridgehead atoms. The van der Waals surface area contributed by atoms with Crippen molar-refractivity contribution in [2.45, 2.75) is 20.3 Å². The topological polar surface area (TPSA) is 66.0 Å². The molecule has 0 unspecified atom stereocenters. The summed E-state index contributed by atoms with van der Waals surface area (Å²) in [6.45, 7) is 3.99. The zero-order valence-electron chi connectivity index (χ0n) is 15.1. The van der Waals surface area contributed by atoms with E-state index in [1.165, 1.54) is 5.56 Å². The van der Waals surface area contributed by atoms with E-state index >= 15 is 0 Å². The molecule has 0 aliphatic rings. The predicted molar refractivity (Wildman–Crippen MR) is 115 cm³/mol. The highest BCUT2D eigenvalue weighted by Gasteiger charge is 2.13. The Balaban J connectivity index is 1.53. The molecule has 2 aromatic carbocycles. The van der Waals surface area contributed by atoms with Crippen LogP contribution in [0.5, 0.6) is 0 Å². The summed E-state index contributed by atoms with van der Waals surface area (Å²) in [5, 5.41) is 4.26. The smallest absolute Gasteiger partial charge is 0.244 e. The SMILES string of the molecule is Cc1ccc(NC(=S)NNC(=O)Cc2nc(-c3ccccc3)sc2C)cc1. The van der Waals surface area contributed by atoms with E-state index < -0.39 is 0 Å². The molecule has 1 amide bonds. The molecule has 7 heteroatoms. The highest BCUT2D eigenvalue weighted by Crippen LogP contribution is 2.27. The average Bonchev–Trinajstić information content (AvgIpc) is 3.03. The van der Waals surface area contributed by atoms with Crippen LogP contribution in [0.3, 0.4) is 0 Å². The Labute approximate surface area is 167 Å². The molecule has 0 spiro atoms. The first-order chi connectivity index (χ1) is 13.0. The van der Waals surface area contributed by atoms with Gasteiger partial charge < -0.3 is 5.32 Å². The van der Waals surface area contributed by atoms with Crippen LogP contribution in [0, 0.1) is 13.8 Å². The van der Waals surface area contributed by atoms with Gasteiger partial charge in [0, 0.05) is 16.1 Å². The minimum absolute atomic E-state index is 0.190. The van der Waals surface area contributed by atoms with Gasteiger partial charge in [-0.15, -0.1) is 11.3 Å². The number of hydrogen-bond donors (Lipinski definition) is 3. The fraction of sp³-hybridized carbons (Fsp3) is 0.150. The van der Waals surface area contributed by atoms with Gasteiger partial charge in [-0.05, 0) is 38.2 Å². The van der Waals surface area contributed by atoms with Crippen LogP contribution in [-0.2, 0) is 11.2 Å². The minimum Gasteiger partial charge on any atom is -0.331 e. The van der Waals surface area contributed by atoms with Crippen LogP contribution in [0.4, 0.5) is 5.69 Å². The Bertz CT molecular complexity index is 936. The lowest BCUT2D eigenvalue weighted by atomic mass is 10.2. The number of aryl methyl sites for hydroxylation is 2. The number of carbonyl (C=O) groups excluding carboxylic acids is 1. The third-order valence-electron chi connectivity index (χ3n) is 3.87. The monoisotopic (exact) mass is 396 g/mol. The van der Waals surface area contributed by atoms with Crippen molar-refractivity contribution in [1.82, 2.24) is 15.8 Å². The lowest BCUT2D eigenvalue weighted by Gasteiger charge is -2.11. The van der Waals surface area contributed by atoms with E-state index in [1.807, 2.05) is 68.4 Å². The van der Waals surface area contributed by atoms with E-state index in [4.69, 9.17) is 12.2 Å². The lowest BCUT2D eigenvalue weighted by Crippen LogP contribution is -2.44. The van der Waals surface area contributed by atoms with Gasteiger partial charge in [0.2, 0.25) is 5.91 Å². The summed E-state index contributed by atoms with van der Waals surface area (Å²) in [6, 6.07) is 17.8. The number of aromatic nitrogens is 1. The first-order valence-corrected chi connectivity index (χ1v) is 9.68. The van der Waals surface area contributed by atoms with E-state index in [2.05, 4.69) is 21.2 Å². The van der Waals surface area contributed by atoms with E-state index in [-0.39, 0.29) is 12.3 Å². The molecule has 1 aromatic heterocycles. The van der Waals surface area contributed by atoms with Crippen molar-refractivity contribution in [3.8, 4) is 10.6 Å². The maximum atomic E-state index is 12.2. The minimum atomic E-state index is -0.198. The fourth-order valence-corrected chi connectivity index (χ4v) is 3.52. The Kier molecular flexibility index (Phi) is 6.16. The number of hydrazine groups is 1. The zero-order chi connectivity index (χ0) is 19.2. The normalized spacial score (nSPS) is 10.3. The molecular weight excluding hydrogens is 376 g/mol. The molecule has 5 nitrogen and oxygen atoms in total. The Hall–Kier alpha value is -2.77. The number of nitrogens with one attached hydrogen (secondary N) is 3. The summed E-state index contributed by atoms with van der Waals surface area (Å²) in [5.41, 5.74) is 9.18. The van der Waals surface area contributed by atoms with Crippen LogP contribution in [0.15, 0.2) is 54.6 Å². The van der Waals surface area contributed by atoms with Gasteiger partial charge in [-0.1, -0.05) is 48.0 Å². The maximum absolute atomic E-state index is 12.2. The van der Waals surface area contributed by atoms with Gasteiger partial charge in [0.15, 0.2) is 5.11 Å². The number of nitrogens with zero attached hydrogens (tertiary/aromatic N) is 1. The third kappa shape index (κ3) is 5.35. The van der Waals surface area contributed by atoms with Crippen LogP contribution in [-0.4, -0.2) is 16.0 Å².